The Labute approximate surface area is 91.3 Å². The summed E-state index contributed by atoms with van der Waals surface area (Å²) in [4.78, 5) is 2.89. The molecule has 1 aromatic rings. The lowest BCUT2D eigenvalue weighted by Crippen LogP contribution is -2.24. The fourth-order valence-electron chi connectivity index (χ4n) is 1.51. The van der Waals surface area contributed by atoms with Crippen LogP contribution < -0.4 is 5.73 Å². The number of hydrogen-bond acceptors (Lipinski definition) is 2. The summed E-state index contributed by atoms with van der Waals surface area (Å²) in [5.74, 6) is 0. The van der Waals surface area contributed by atoms with E-state index in [1.165, 1.54) is 28.2 Å². The van der Waals surface area contributed by atoms with Gasteiger partial charge in [-0.05, 0) is 50.3 Å². The molecule has 0 aliphatic rings. The maximum Gasteiger partial charge on any atom is 0.00490 e. The van der Waals surface area contributed by atoms with Crippen molar-refractivity contribution in [3.8, 4) is 0 Å². The number of aryl methyl sites for hydroxylation is 3. The first kappa shape index (κ1) is 11.7. The van der Waals surface area contributed by atoms with Gasteiger partial charge in [-0.15, -0.1) is 11.3 Å². The summed E-state index contributed by atoms with van der Waals surface area (Å²) in [6, 6.07) is 2.31. The molecule has 1 aromatic heterocycles. The fraction of sp³-hybridized carbons (Fsp3) is 0.667. The summed E-state index contributed by atoms with van der Waals surface area (Å²) in [7, 11) is 0. The van der Waals surface area contributed by atoms with E-state index in [-0.39, 0.29) is 5.41 Å². The monoisotopic (exact) mass is 211 g/mol. The Bertz CT molecular complexity index is 299. The minimum absolute atomic E-state index is 0.280. The molecule has 0 atom stereocenters. The van der Waals surface area contributed by atoms with Gasteiger partial charge in [0, 0.05) is 9.75 Å². The van der Waals surface area contributed by atoms with Crippen molar-refractivity contribution >= 4 is 11.3 Å². The van der Waals surface area contributed by atoms with Crippen LogP contribution in [0.25, 0.3) is 0 Å². The smallest absolute Gasteiger partial charge is 0.00490 e. The van der Waals surface area contributed by atoms with Crippen LogP contribution >= 0.6 is 11.3 Å². The van der Waals surface area contributed by atoms with Crippen molar-refractivity contribution < 1.29 is 0 Å². The quantitative estimate of drug-likeness (QED) is 0.812. The molecule has 0 radical (unpaired) electrons. The molecule has 1 heterocycles. The molecular weight excluding hydrogens is 190 g/mol. The van der Waals surface area contributed by atoms with E-state index in [4.69, 9.17) is 5.73 Å². The molecule has 0 bridgehead atoms. The van der Waals surface area contributed by atoms with Crippen molar-refractivity contribution in [1.29, 1.82) is 0 Å². The number of hydrogen-bond donors (Lipinski definition) is 1. The van der Waals surface area contributed by atoms with Crippen LogP contribution in [0.2, 0.25) is 0 Å². The summed E-state index contributed by atoms with van der Waals surface area (Å²) in [6.07, 6.45) is 2.35. The zero-order valence-electron chi connectivity index (χ0n) is 9.68. The second kappa shape index (κ2) is 4.45. The summed E-state index contributed by atoms with van der Waals surface area (Å²) in [5, 5.41) is 0. The Hall–Kier alpha value is -0.340. The molecule has 0 aliphatic carbocycles. The maximum absolute atomic E-state index is 5.72. The van der Waals surface area contributed by atoms with Crippen LogP contribution in [0.5, 0.6) is 0 Å². The van der Waals surface area contributed by atoms with Crippen LogP contribution in [0, 0.1) is 19.3 Å². The SMILES string of the molecule is Cc1cc(CCC(C)(C)CN)c(C)s1. The molecule has 0 fully saturated rings. The molecule has 0 spiro atoms. The van der Waals surface area contributed by atoms with Crippen LogP contribution in [0.1, 0.15) is 35.6 Å². The number of nitrogens with two attached hydrogens (primary N) is 1. The predicted molar refractivity (Wildman–Crippen MR) is 64.9 cm³/mol. The summed E-state index contributed by atoms with van der Waals surface area (Å²) in [6.45, 7) is 9.63. The van der Waals surface area contributed by atoms with E-state index in [0.29, 0.717) is 0 Å². The molecule has 0 unspecified atom stereocenters. The van der Waals surface area contributed by atoms with Crippen molar-refractivity contribution in [2.75, 3.05) is 6.54 Å². The van der Waals surface area contributed by atoms with E-state index >= 15 is 0 Å². The number of thiophene rings is 1. The van der Waals surface area contributed by atoms with E-state index < -0.39 is 0 Å². The highest BCUT2D eigenvalue weighted by molar-refractivity contribution is 7.12. The largest absolute Gasteiger partial charge is 0.330 e. The van der Waals surface area contributed by atoms with Crippen LogP contribution in [0.3, 0.4) is 0 Å². The van der Waals surface area contributed by atoms with Gasteiger partial charge in [-0.2, -0.15) is 0 Å². The van der Waals surface area contributed by atoms with Crippen molar-refractivity contribution in [3.63, 3.8) is 0 Å². The third-order valence-electron chi connectivity index (χ3n) is 2.77. The van der Waals surface area contributed by atoms with E-state index in [1.54, 1.807) is 0 Å². The predicted octanol–water partition coefficient (Wildman–Crippen LogP) is 3.28. The lowest BCUT2D eigenvalue weighted by molar-refractivity contribution is 0.348. The average molecular weight is 211 g/mol. The van der Waals surface area contributed by atoms with Crippen LogP contribution in [-0.2, 0) is 6.42 Å². The van der Waals surface area contributed by atoms with Gasteiger partial charge in [0.05, 0.1) is 0 Å². The molecule has 0 aliphatic heterocycles. The second-order valence-corrected chi connectivity index (χ2v) is 6.27. The summed E-state index contributed by atoms with van der Waals surface area (Å²) in [5.41, 5.74) is 7.50. The normalized spacial score (nSPS) is 12.1. The highest BCUT2D eigenvalue weighted by atomic mass is 32.1. The topological polar surface area (TPSA) is 26.0 Å². The Kier molecular flexibility index (Phi) is 3.73. The van der Waals surface area contributed by atoms with Gasteiger partial charge in [0.2, 0.25) is 0 Å². The Morgan fingerprint density at radius 1 is 1.36 bits per heavy atom. The van der Waals surface area contributed by atoms with Gasteiger partial charge in [0.1, 0.15) is 0 Å². The van der Waals surface area contributed by atoms with Gasteiger partial charge in [0.15, 0.2) is 0 Å². The number of rotatable bonds is 4. The Morgan fingerprint density at radius 3 is 2.43 bits per heavy atom. The van der Waals surface area contributed by atoms with E-state index in [9.17, 15) is 0 Å². The van der Waals surface area contributed by atoms with Crippen LogP contribution in [0.15, 0.2) is 6.07 Å². The van der Waals surface area contributed by atoms with Gasteiger partial charge in [-0.1, -0.05) is 13.8 Å². The third-order valence-corrected chi connectivity index (χ3v) is 3.78. The summed E-state index contributed by atoms with van der Waals surface area (Å²) < 4.78 is 0. The zero-order chi connectivity index (χ0) is 10.8. The molecule has 0 saturated heterocycles. The molecule has 2 N–H and O–H groups in total. The second-order valence-electron chi connectivity index (χ2n) is 4.81. The lowest BCUT2D eigenvalue weighted by Gasteiger charge is -2.21. The Balaban J connectivity index is 2.58. The maximum atomic E-state index is 5.72. The average Bonchev–Trinajstić information content (AvgIpc) is 2.42. The molecule has 0 amide bonds. The van der Waals surface area contributed by atoms with Gasteiger partial charge < -0.3 is 5.73 Å². The lowest BCUT2D eigenvalue weighted by atomic mass is 9.86. The molecule has 0 saturated carbocycles. The molecule has 80 valence electrons. The molecule has 2 heteroatoms. The van der Waals surface area contributed by atoms with Gasteiger partial charge in [-0.3, -0.25) is 0 Å². The summed E-state index contributed by atoms with van der Waals surface area (Å²) >= 11 is 1.90. The first-order chi connectivity index (χ1) is 6.44. The van der Waals surface area contributed by atoms with E-state index in [2.05, 4.69) is 33.8 Å². The van der Waals surface area contributed by atoms with Crippen LogP contribution in [0.4, 0.5) is 0 Å². The first-order valence-corrected chi connectivity index (χ1v) is 6.02. The highest BCUT2D eigenvalue weighted by Gasteiger charge is 2.16. The van der Waals surface area contributed by atoms with Crippen molar-refractivity contribution in [1.82, 2.24) is 0 Å². The minimum atomic E-state index is 0.280. The van der Waals surface area contributed by atoms with E-state index in [0.717, 1.165) is 6.54 Å². The highest BCUT2D eigenvalue weighted by Crippen LogP contribution is 2.26. The fourth-order valence-corrected chi connectivity index (χ4v) is 2.48. The van der Waals surface area contributed by atoms with Crippen molar-refractivity contribution in [2.45, 2.75) is 40.5 Å². The third kappa shape index (κ3) is 3.10. The first-order valence-electron chi connectivity index (χ1n) is 5.20. The molecule has 1 rings (SSSR count). The zero-order valence-corrected chi connectivity index (χ0v) is 10.5. The van der Waals surface area contributed by atoms with Gasteiger partial charge in [0.25, 0.3) is 0 Å². The van der Waals surface area contributed by atoms with Crippen LogP contribution in [-0.4, -0.2) is 6.54 Å². The minimum Gasteiger partial charge on any atom is -0.330 e. The van der Waals surface area contributed by atoms with E-state index in [1.807, 2.05) is 11.3 Å². The Morgan fingerprint density at radius 2 is 2.00 bits per heavy atom. The van der Waals surface area contributed by atoms with Gasteiger partial charge >= 0.3 is 0 Å². The van der Waals surface area contributed by atoms with Crippen molar-refractivity contribution in [3.05, 3.63) is 21.4 Å². The van der Waals surface area contributed by atoms with Gasteiger partial charge in [-0.25, -0.2) is 0 Å². The standard InChI is InChI=1S/C12H21NS/c1-9-7-11(10(2)14-9)5-6-12(3,4)8-13/h7H,5-6,8,13H2,1-4H3. The molecule has 14 heavy (non-hydrogen) atoms. The molecule has 1 nitrogen and oxygen atoms in total. The molecular formula is C12H21NS. The van der Waals surface area contributed by atoms with Crippen molar-refractivity contribution in [2.24, 2.45) is 11.1 Å². The molecule has 0 aromatic carbocycles.